The van der Waals surface area contributed by atoms with Crippen molar-refractivity contribution in [2.45, 2.75) is 0 Å². The van der Waals surface area contributed by atoms with Crippen LogP contribution in [0.15, 0.2) is 158 Å². The van der Waals surface area contributed by atoms with E-state index in [1.807, 2.05) is 36.8 Å². The van der Waals surface area contributed by atoms with Gasteiger partial charge in [-0.25, -0.2) is 4.98 Å². The molecule has 0 saturated heterocycles. The van der Waals surface area contributed by atoms with Gasteiger partial charge in [-0.1, -0.05) is 97.1 Å². The van der Waals surface area contributed by atoms with E-state index < -0.39 is 0 Å². The molecule has 11 rings (SSSR count). The highest BCUT2D eigenvalue weighted by molar-refractivity contribution is 6.27. The van der Waals surface area contributed by atoms with Gasteiger partial charge < -0.3 is 0 Å². The average molecular weight is 635 g/mol. The summed E-state index contributed by atoms with van der Waals surface area (Å²) in [5, 5.41) is 12.9. The van der Waals surface area contributed by atoms with Gasteiger partial charge in [-0.2, -0.15) is 0 Å². The smallest absolute Gasteiger partial charge is 0.0978 e. The lowest BCUT2D eigenvalue weighted by Gasteiger charge is -2.16. The molecule has 7 aromatic carbocycles. The number of benzene rings is 7. The number of fused-ring (bicyclic) bond motifs is 13. The maximum Gasteiger partial charge on any atom is 0.0978 e. The average Bonchev–Trinajstić information content (AvgIpc) is 3.19. The van der Waals surface area contributed by atoms with Crippen molar-refractivity contribution in [1.29, 1.82) is 0 Å². The van der Waals surface area contributed by atoms with E-state index in [1.54, 1.807) is 0 Å². The number of rotatable bonds is 2. The highest BCUT2D eigenvalue weighted by atomic mass is 14.7. The lowest BCUT2D eigenvalue weighted by Crippen LogP contribution is -1.92. The van der Waals surface area contributed by atoms with Crippen molar-refractivity contribution >= 4 is 86.8 Å². The van der Waals surface area contributed by atoms with Crippen LogP contribution in [0, 0.1) is 0 Å². The molecule has 0 N–H and O–H groups in total. The SMILES string of the molecule is c1cnc2c(c1)cc(-c1ccc3c4ccc(-c5c6ccccc6nc6c5ccc5cccnc56)cc4c4ccccc4c3c1)c1cccnc12. The van der Waals surface area contributed by atoms with Crippen LogP contribution in [0.2, 0.25) is 0 Å². The molecule has 0 fully saturated rings. The van der Waals surface area contributed by atoms with Crippen molar-refractivity contribution < 1.29 is 0 Å². The van der Waals surface area contributed by atoms with Gasteiger partial charge in [0.2, 0.25) is 0 Å². The Labute approximate surface area is 286 Å². The van der Waals surface area contributed by atoms with Gasteiger partial charge in [0.15, 0.2) is 0 Å². The molecule has 0 radical (unpaired) electrons. The summed E-state index contributed by atoms with van der Waals surface area (Å²) in [6, 6.07) is 50.1. The van der Waals surface area contributed by atoms with E-state index in [-0.39, 0.29) is 0 Å². The van der Waals surface area contributed by atoms with Crippen molar-refractivity contribution in [3.63, 3.8) is 0 Å². The molecule has 4 nitrogen and oxygen atoms in total. The Morgan fingerprint density at radius 3 is 1.66 bits per heavy atom. The van der Waals surface area contributed by atoms with Crippen molar-refractivity contribution in [3.05, 3.63) is 158 Å². The molecular weight excluding hydrogens is 609 g/mol. The predicted molar refractivity (Wildman–Crippen MR) is 209 cm³/mol. The number of nitrogens with zero attached hydrogens (tertiary/aromatic N) is 4. The molecule has 0 aliphatic rings. The molecule has 11 aromatic rings. The summed E-state index contributed by atoms with van der Waals surface area (Å²) in [5.74, 6) is 0. The van der Waals surface area contributed by atoms with Gasteiger partial charge in [-0.05, 0) is 91.5 Å². The Kier molecular flexibility index (Phi) is 5.63. The van der Waals surface area contributed by atoms with Gasteiger partial charge in [-0.15, -0.1) is 0 Å². The molecule has 0 amide bonds. The molecule has 0 aliphatic carbocycles. The van der Waals surface area contributed by atoms with E-state index in [0.717, 1.165) is 65.6 Å². The first-order valence-corrected chi connectivity index (χ1v) is 16.9. The molecule has 0 bridgehead atoms. The largest absolute Gasteiger partial charge is 0.254 e. The number of hydrogen-bond acceptors (Lipinski definition) is 4. The van der Waals surface area contributed by atoms with Crippen LogP contribution in [-0.2, 0) is 0 Å². The second-order valence-electron chi connectivity index (χ2n) is 13.0. The fourth-order valence-corrected chi connectivity index (χ4v) is 8.10. The maximum absolute atomic E-state index is 5.14. The summed E-state index contributed by atoms with van der Waals surface area (Å²) in [6.45, 7) is 0. The van der Waals surface area contributed by atoms with Crippen LogP contribution in [0.3, 0.4) is 0 Å². The monoisotopic (exact) mass is 634 g/mol. The lowest BCUT2D eigenvalue weighted by molar-refractivity contribution is 1.37. The van der Waals surface area contributed by atoms with Crippen LogP contribution in [0.25, 0.3) is 109 Å². The van der Waals surface area contributed by atoms with E-state index in [1.165, 1.54) is 43.4 Å². The summed E-state index contributed by atoms with van der Waals surface area (Å²) in [5.41, 5.74) is 9.36. The van der Waals surface area contributed by atoms with Crippen LogP contribution >= 0.6 is 0 Å². The highest BCUT2D eigenvalue weighted by Gasteiger charge is 2.17. The molecule has 230 valence electrons. The van der Waals surface area contributed by atoms with Gasteiger partial charge >= 0.3 is 0 Å². The summed E-state index contributed by atoms with van der Waals surface area (Å²) in [4.78, 5) is 19.4. The Morgan fingerprint density at radius 2 is 0.880 bits per heavy atom. The first kappa shape index (κ1) is 27.2. The van der Waals surface area contributed by atoms with Gasteiger partial charge in [0.1, 0.15) is 0 Å². The van der Waals surface area contributed by atoms with Crippen LogP contribution in [-0.4, -0.2) is 19.9 Å². The van der Waals surface area contributed by atoms with Crippen LogP contribution < -0.4 is 0 Å². The molecule has 4 aromatic heterocycles. The summed E-state index contributed by atoms with van der Waals surface area (Å²) in [7, 11) is 0. The minimum absolute atomic E-state index is 0.927. The van der Waals surface area contributed by atoms with E-state index in [2.05, 4.69) is 126 Å². The Hall–Kier alpha value is -6.78. The van der Waals surface area contributed by atoms with Crippen molar-refractivity contribution in [2.75, 3.05) is 0 Å². The van der Waals surface area contributed by atoms with E-state index in [4.69, 9.17) is 15.0 Å². The third-order valence-corrected chi connectivity index (χ3v) is 10.3. The van der Waals surface area contributed by atoms with Gasteiger partial charge in [-0.3, -0.25) is 15.0 Å². The third kappa shape index (κ3) is 3.87. The maximum atomic E-state index is 5.14. The number of para-hydroxylation sites is 1. The Balaban J connectivity index is 1.19. The zero-order valence-corrected chi connectivity index (χ0v) is 26.8. The molecule has 0 unspecified atom stereocenters. The number of aromatic nitrogens is 4. The topological polar surface area (TPSA) is 51.6 Å². The molecule has 0 saturated carbocycles. The van der Waals surface area contributed by atoms with Gasteiger partial charge in [0.05, 0.1) is 27.6 Å². The molecular formula is C46H26N4. The molecule has 0 aliphatic heterocycles. The van der Waals surface area contributed by atoms with Crippen molar-refractivity contribution in [3.8, 4) is 22.3 Å². The Bertz CT molecular complexity index is 3200. The number of hydrogen-bond donors (Lipinski definition) is 0. The van der Waals surface area contributed by atoms with Crippen LogP contribution in [0.5, 0.6) is 0 Å². The molecule has 0 spiro atoms. The highest BCUT2D eigenvalue weighted by Crippen LogP contribution is 2.43. The van der Waals surface area contributed by atoms with Crippen molar-refractivity contribution in [1.82, 2.24) is 19.9 Å². The van der Waals surface area contributed by atoms with E-state index >= 15 is 0 Å². The van der Waals surface area contributed by atoms with Crippen LogP contribution in [0.1, 0.15) is 0 Å². The predicted octanol–water partition coefficient (Wildman–Crippen LogP) is 11.8. The second kappa shape index (κ2) is 10.4. The minimum Gasteiger partial charge on any atom is -0.254 e. The first-order valence-electron chi connectivity index (χ1n) is 16.9. The van der Waals surface area contributed by atoms with Crippen LogP contribution in [0.4, 0.5) is 0 Å². The molecule has 4 heteroatoms. The fraction of sp³-hybridized carbons (Fsp3) is 0. The lowest BCUT2D eigenvalue weighted by atomic mass is 9.88. The zero-order valence-electron chi connectivity index (χ0n) is 26.8. The van der Waals surface area contributed by atoms with E-state index in [9.17, 15) is 0 Å². The minimum atomic E-state index is 0.927. The summed E-state index contributed by atoms with van der Waals surface area (Å²) in [6.07, 6.45) is 5.55. The zero-order chi connectivity index (χ0) is 32.8. The van der Waals surface area contributed by atoms with Gasteiger partial charge in [0, 0.05) is 51.1 Å². The third-order valence-electron chi connectivity index (χ3n) is 10.3. The fourth-order valence-electron chi connectivity index (χ4n) is 8.10. The molecule has 4 heterocycles. The quantitative estimate of drug-likeness (QED) is 0.140. The van der Waals surface area contributed by atoms with Crippen molar-refractivity contribution in [2.24, 2.45) is 0 Å². The molecule has 50 heavy (non-hydrogen) atoms. The standard InChI is InChI=1S/C46H26N4/c1-2-11-32-31(10-1)39-24-28(38-26-30-9-6-22-48-44(30)45-35(38)13-7-23-49-45)16-18-33(39)34-19-17-29(25-40(32)34)42-36-12-3-4-14-41(36)50-46-37(42)20-15-27-8-5-21-47-43(27)46/h1-26H. The first-order chi connectivity index (χ1) is 24.8. The Morgan fingerprint density at radius 1 is 0.320 bits per heavy atom. The normalized spacial score (nSPS) is 12.0. The number of pyridine rings is 4. The second-order valence-corrected chi connectivity index (χ2v) is 13.0. The summed E-state index contributed by atoms with van der Waals surface area (Å²) >= 11 is 0. The van der Waals surface area contributed by atoms with Gasteiger partial charge in [0.25, 0.3) is 0 Å². The molecule has 0 atom stereocenters. The van der Waals surface area contributed by atoms with E-state index in [0.29, 0.717) is 0 Å². The summed E-state index contributed by atoms with van der Waals surface area (Å²) < 4.78 is 0.